The summed E-state index contributed by atoms with van der Waals surface area (Å²) in [6, 6.07) is 6.67. The number of carbonyl (C=O) groups is 1. The molecule has 7 heteroatoms. The van der Waals surface area contributed by atoms with Gasteiger partial charge in [-0.25, -0.2) is 5.43 Å². The van der Waals surface area contributed by atoms with Gasteiger partial charge in [0.15, 0.2) is 0 Å². The van der Waals surface area contributed by atoms with Crippen LogP contribution in [-0.4, -0.2) is 27.4 Å². The lowest BCUT2D eigenvalue weighted by Crippen LogP contribution is -2.17. The van der Waals surface area contributed by atoms with Crippen LogP contribution in [0.4, 0.5) is 0 Å². The van der Waals surface area contributed by atoms with Crippen LogP contribution in [0, 0.1) is 6.92 Å². The first kappa shape index (κ1) is 15.7. The zero-order chi connectivity index (χ0) is 16.3. The lowest BCUT2D eigenvalue weighted by Gasteiger charge is -2.05. The zero-order valence-corrected chi connectivity index (χ0v) is 12.3. The van der Waals surface area contributed by atoms with E-state index >= 15 is 0 Å². The topological polar surface area (TPSA) is 102 Å². The third-order valence-electron chi connectivity index (χ3n) is 2.89. The Labute approximate surface area is 131 Å². The first-order chi connectivity index (χ1) is 10.4. The molecule has 4 N–H and O–H groups in total. The van der Waals surface area contributed by atoms with Crippen molar-refractivity contribution >= 4 is 23.7 Å². The number of halogens is 1. The molecule has 2 aromatic carbocycles. The third-order valence-corrected chi connectivity index (χ3v) is 3.11. The summed E-state index contributed by atoms with van der Waals surface area (Å²) >= 11 is 5.88. The molecule has 0 aromatic heterocycles. The summed E-state index contributed by atoms with van der Waals surface area (Å²) in [5.41, 5.74) is 3.10. The Morgan fingerprint density at radius 3 is 2.64 bits per heavy atom. The molecule has 2 rings (SSSR count). The zero-order valence-electron chi connectivity index (χ0n) is 11.5. The van der Waals surface area contributed by atoms with Crippen molar-refractivity contribution in [3.8, 4) is 17.2 Å². The van der Waals surface area contributed by atoms with Crippen LogP contribution >= 0.6 is 11.6 Å². The van der Waals surface area contributed by atoms with Crippen molar-refractivity contribution in [2.75, 3.05) is 0 Å². The number of carbonyl (C=O) groups excluding carboxylic acids is 1. The minimum absolute atomic E-state index is 0.00915. The molecule has 0 atom stereocenters. The van der Waals surface area contributed by atoms with Crippen LogP contribution < -0.4 is 5.43 Å². The van der Waals surface area contributed by atoms with E-state index in [-0.39, 0.29) is 22.8 Å². The van der Waals surface area contributed by atoms with Gasteiger partial charge < -0.3 is 15.3 Å². The molecule has 0 aliphatic heterocycles. The molecule has 0 saturated carbocycles. The lowest BCUT2D eigenvalue weighted by atomic mass is 10.1. The molecule has 0 spiro atoms. The number of amides is 1. The molecule has 2 aromatic rings. The normalized spacial score (nSPS) is 10.8. The highest BCUT2D eigenvalue weighted by atomic mass is 35.5. The Morgan fingerprint density at radius 1 is 1.23 bits per heavy atom. The summed E-state index contributed by atoms with van der Waals surface area (Å²) in [6.07, 6.45) is 1.24. The number of phenols is 3. The van der Waals surface area contributed by atoms with Crippen molar-refractivity contribution in [3.05, 3.63) is 52.0 Å². The molecule has 0 radical (unpaired) electrons. The van der Waals surface area contributed by atoms with Crippen molar-refractivity contribution in [2.24, 2.45) is 5.10 Å². The maximum Gasteiger partial charge on any atom is 0.275 e. The van der Waals surface area contributed by atoms with Crippen LogP contribution in [0.25, 0.3) is 0 Å². The Bertz CT molecular complexity index is 759. The lowest BCUT2D eigenvalue weighted by molar-refractivity contribution is 0.0952. The standard InChI is InChI=1S/C15H13ClN2O4/c1-8-4-10(16)5-9(14(8)21)7-17-18-15(22)12-3-2-11(19)6-13(12)20/h2-7,19-21H,1H3,(H,18,22)/b17-7+. The number of benzene rings is 2. The summed E-state index contributed by atoms with van der Waals surface area (Å²) < 4.78 is 0. The first-order valence-electron chi connectivity index (χ1n) is 6.23. The fourth-order valence-corrected chi connectivity index (χ4v) is 2.07. The molecule has 0 bridgehead atoms. The number of rotatable bonds is 3. The average Bonchev–Trinajstić information content (AvgIpc) is 2.43. The molecule has 114 valence electrons. The first-order valence-corrected chi connectivity index (χ1v) is 6.61. The number of hydrogen-bond donors (Lipinski definition) is 4. The summed E-state index contributed by atoms with van der Waals surface area (Å²) in [7, 11) is 0. The highest BCUT2D eigenvalue weighted by molar-refractivity contribution is 6.31. The largest absolute Gasteiger partial charge is 0.508 e. The van der Waals surface area contributed by atoms with E-state index in [4.69, 9.17) is 16.7 Å². The van der Waals surface area contributed by atoms with Crippen LogP contribution in [0.2, 0.25) is 5.02 Å². The van der Waals surface area contributed by atoms with Crippen LogP contribution in [0.5, 0.6) is 17.2 Å². The van der Waals surface area contributed by atoms with Gasteiger partial charge in [-0.2, -0.15) is 5.10 Å². The van der Waals surface area contributed by atoms with Gasteiger partial charge in [0, 0.05) is 16.7 Å². The van der Waals surface area contributed by atoms with E-state index in [2.05, 4.69) is 10.5 Å². The number of nitrogens with zero attached hydrogens (tertiary/aromatic N) is 1. The molecule has 1 amide bonds. The second kappa shape index (κ2) is 6.36. The van der Waals surface area contributed by atoms with Crippen LogP contribution in [0.3, 0.4) is 0 Å². The Kier molecular flexibility index (Phi) is 4.53. The number of aryl methyl sites for hydroxylation is 1. The van der Waals surface area contributed by atoms with E-state index in [1.54, 1.807) is 13.0 Å². The van der Waals surface area contributed by atoms with Crippen molar-refractivity contribution in [1.82, 2.24) is 5.43 Å². The Hall–Kier alpha value is -2.73. The number of hydrogen-bond acceptors (Lipinski definition) is 5. The molecular formula is C15H13ClN2O4. The maximum absolute atomic E-state index is 11.8. The van der Waals surface area contributed by atoms with Gasteiger partial charge in [-0.3, -0.25) is 4.79 Å². The van der Waals surface area contributed by atoms with Gasteiger partial charge in [0.2, 0.25) is 0 Å². The van der Waals surface area contributed by atoms with Gasteiger partial charge in [-0.05, 0) is 36.8 Å². The van der Waals surface area contributed by atoms with Gasteiger partial charge in [0.1, 0.15) is 17.2 Å². The Balaban J connectivity index is 2.14. The van der Waals surface area contributed by atoms with Crippen molar-refractivity contribution in [3.63, 3.8) is 0 Å². The highest BCUT2D eigenvalue weighted by Crippen LogP contribution is 2.25. The number of phenolic OH excluding ortho intramolecular Hbond substituents is 3. The van der Waals surface area contributed by atoms with Gasteiger partial charge in [-0.1, -0.05) is 11.6 Å². The average molecular weight is 321 g/mol. The molecule has 22 heavy (non-hydrogen) atoms. The van der Waals surface area contributed by atoms with E-state index in [1.807, 2.05) is 0 Å². The second-order valence-electron chi connectivity index (χ2n) is 4.56. The van der Waals surface area contributed by atoms with Gasteiger partial charge in [0.05, 0.1) is 11.8 Å². The summed E-state index contributed by atoms with van der Waals surface area (Å²) in [4.78, 5) is 11.8. The molecule has 0 fully saturated rings. The maximum atomic E-state index is 11.8. The molecule has 0 heterocycles. The highest BCUT2D eigenvalue weighted by Gasteiger charge is 2.11. The van der Waals surface area contributed by atoms with Crippen LogP contribution in [0.1, 0.15) is 21.5 Å². The molecule has 0 aliphatic carbocycles. The van der Waals surface area contributed by atoms with Crippen molar-refractivity contribution in [2.45, 2.75) is 6.92 Å². The minimum Gasteiger partial charge on any atom is -0.508 e. The summed E-state index contributed by atoms with van der Waals surface area (Å²) in [6.45, 7) is 1.69. The minimum atomic E-state index is -0.660. The Morgan fingerprint density at radius 2 is 1.95 bits per heavy atom. The van der Waals surface area contributed by atoms with E-state index in [0.717, 1.165) is 6.07 Å². The molecule has 6 nitrogen and oxygen atoms in total. The van der Waals surface area contributed by atoms with E-state index in [0.29, 0.717) is 16.1 Å². The van der Waals surface area contributed by atoms with Gasteiger partial charge in [0.25, 0.3) is 5.91 Å². The fraction of sp³-hybridized carbons (Fsp3) is 0.0667. The second-order valence-corrected chi connectivity index (χ2v) is 5.00. The number of hydrazone groups is 1. The van der Waals surface area contributed by atoms with E-state index in [1.165, 1.54) is 24.4 Å². The molecule has 0 saturated heterocycles. The van der Waals surface area contributed by atoms with Crippen molar-refractivity contribution in [1.29, 1.82) is 0 Å². The summed E-state index contributed by atoms with van der Waals surface area (Å²) in [5, 5.41) is 32.7. The summed E-state index contributed by atoms with van der Waals surface area (Å²) in [5.74, 6) is -1.17. The monoisotopic (exact) mass is 320 g/mol. The van der Waals surface area contributed by atoms with Crippen LogP contribution in [0.15, 0.2) is 35.4 Å². The SMILES string of the molecule is Cc1cc(Cl)cc(/C=N/NC(=O)c2ccc(O)cc2O)c1O. The van der Waals surface area contributed by atoms with Gasteiger partial charge in [-0.15, -0.1) is 0 Å². The smallest absolute Gasteiger partial charge is 0.275 e. The predicted molar refractivity (Wildman–Crippen MR) is 82.7 cm³/mol. The molecule has 0 aliphatic rings. The molecular weight excluding hydrogens is 308 g/mol. The number of nitrogens with one attached hydrogen (secondary N) is 1. The van der Waals surface area contributed by atoms with E-state index < -0.39 is 5.91 Å². The fourth-order valence-electron chi connectivity index (χ4n) is 1.79. The third kappa shape index (κ3) is 3.48. The van der Waals surface area contributed by atoms with Gasteiger partial charge >= 0.3 is 0 Å². The van der Waals surface area contributed by atoms with Crippen LogP contribution in [-0.2, 0) is 0 Å². The number of aromatic hydroxyl groups is 3. The molecule has 0 unspecified atom stereocenters. The quantitative estimate of drug-likeness (QED) is 0.515. The van der Waals surface area contributed by atoms with Crippen molar-refractivity contribution < 1.29 is 20.1 Å². The van der Waals surface area contributed by atoms with E-state index in [9.17, 15) is 15.0 Å². The predicted octanol–water partition coefficient (Wildman–Crippen LogP) is 2.53.